The summed E-state index contributed by atoms with van der Waals surface area (Å²) < 4.78 is 2.57. The largest absolute Gasteiger partial charge is 0.370 e. The van der Waals surface area contributed by atoms with Crippen LogP contribution in [-0.4, -0.2) is 17.9 Å². The predicted molar refractivity (Wildman–Crippen MR) is 61.9 cm³/mol. The Morgan fingerprint density at radius 2 is 1.93 bits per heavy atom. The highest BCUT2D eigenvalue weighted by atomic mass is 32.1. The fraction of sp³-hybridized carbons (Fsp3) is 0.778. The smallest absolute Gasteiger partial charge is 0.235 e. The third-order valence-corrected chi connectivity index (χ3v) is 2.88. The molecule has 15 heavy (non-hydrogen) atoms. The molecule has 3 unspecified atom stereocenters. The van der Waals surface area contributed by atoms with Gasteiger partial charge in [-0.1, -0.05) is 33.1 Å². The zero-order valence-corrected chi connectivity index (χ0v) is 9.96. The van der Waals surface area contributed by atoms with E-state index in [-0.39, 0.29) is 24.2 Å². The standard InChI is InChI=1S/C9H19N3O2S/c1-3-6(5(2)4-7(10)13)8(12-15)9(11)14/h5-6,8,12,15H,3-4H2,1-2H3,(H2,10,13)(H2,11,14). The van der Waals surface area contributed by atoms with Gasteiger partial charge >= 0.3 is 0 Å². The van der Waals surface area contributed by atoms with Crippen molar-refractivity contribution in [1.82, 2.24) is 4.72 Å². The quantitative estimate of drug-likeness (QED) is 0.459. The van der Waals surface area contributed by atoms with E-state index in [1.807, 2.05) is 13.8 Å². The van der Waals surface area contributed by atoms with Gasteiger partial charge in [-0.2, -0.15) is 0 Å². The van der Waals surface area contributed by atoms with Crippen molar-refractivity contribution >= 4 is 24.6 Å². The normalized spacial score (nSPS) is 16.7. The van der Waals surface area contributed by atoms with E-state index in [9.17, 15) is 9.59 Å². The molecular formula is C9H19N3O2S. The summed E-state index contributed by atoms with van der Waals surface area (Å²) in [5.74, 6) is -0.867. The predicted octanol–water partition coefficient (Wildman–Crippen LogP) is -0.188. The van der Waals surface area contributed by atoms with Crippen LogP contribution in [0.1, 0.15) is 26.7 Å². The monoisotopic (exact) mass is 233 g/mol. The molecule has 88 valence electrons. The summed E-state index contributed by atoms with van der Waals surface area (Å²) >= 11 is 3.87. The summed E-state index contributed by atoms with van der Waals surface area (Å²) in [6, 6.07) is -0.535. The lowest BCUT2D eigenvalue weighted by atomic mass is 9.83. The molecule has 5 nitrogen and oxygen atoms in total. The van der Waals surface area contributed by atoms with Crippen molar-refractivity contribution in [1.29, 1.82) is 0 Å². The minimum Gasteiger partial charge on any atom is -0.370 e. The van der Waals surface area contributed by atoms with E-state index in [4.69, 9.17) is 11.5 Å². The lowest BCUT2D eigenvalue weighted by Crippen LogP contribution is -2.45. The van der Waals surface area contributed by atoms with Gasteiger partial charge in [-0.05, 0) is 11.8 Å². The number of hydrogen-bond donors (Lipinski definition) is 4. The molecule has 3 atom stereocenters. The van der Waals surface area contributed by atoms with Crippen molar-refractivity contribution in [2.45, 2.75) is 32.7 Å². The van der Waals surface area contributed by atoms with Crippen molar-refractivity contribution in [3.8, 4) is 0 Å². The molecule has 0 saturated heterocycles. The summed E-state index contributed by atoms with van der Waals surface area (Å²) in [7, 11) is 0. The van der Waals surface area contributed by atoms with Crippen molar-refractivity contribution in [2.24, 2.45) is 23.3 Å². The van der Waals surface area contributed by atoms with Crippen LogP contribution in [0.25, 0.3) is 0 Å². The van der Waals surface area contributed by atoms with Crippen LogP contribution in [0.15, 0.2) is 0 Å². The van der Waals surface area contributed by atoms with E-state index < -0.39 is 11.9 Å². The highest BCUT2D eigenvalue weighted by molar-refractivity contribution is 7.78. The van der Waals surface area contributed by atoms with Crippen LogP contribution in [0.4, 0.5) is 0 Å². The Kier molecular flexibility index (Phi) is 6.35. The second kappa shape index (κ2) is 6.68. The molecule has 0 aromatic rings. The lowest BCUT2D eigenvalue weighted by molar-refractivity contribution is -0.123. The molecule has 0 aromatic carbocycles. The number of nitrogens with two attached hydrogens (primary N) is 2. The average molecular weight is 233 g/mol. The Morgan fingerprint density at radius 1 is 1.40 bits per heavy atom. The average Bonchev–Trinajstić information content (AvgIpc) is 2.11. The number of hydrogen-bond acceptors (Lipinski definition) is 4. The first-order chi connectivity index (χ1) is 6.93. The Hall–Kier alpha value is -0.750. The molecule has 0 spiro atoms. The SMILES string of the molecule is CCC(C(C)CC(N)=O)C(NS)C(N)=O. The first-order valence-corrected chi connectivity index (χ1v) is 5.35. The molecule has 0 aliphatic rings. The maximum absolute atomic E-state index is 11.1. The topological polar surface area (TPSA) is 98.2 Å². The van der Waals surface area contributed by atoms with E-state index in [2.05, 4.69) is 17.5 Å². The molecule has 0 aromatic heterocycles. The molecular weight excluding hydrogens is 214 g/mol. The molecule has 0 bridgehead atoms. The molecule has 0 heterocycles. The molecule has 0 aliphatic carbocycles. The zero-order valence-electron chi connectivity index (χ0n) is 9.06. The molecule has 2 amide bonds. The Labute approximate surface area is 95.5 Å². The van der Waals surface area contributed by atoms with Gasteiger partial charge in [0.05, 0.1) is 6.04 Å². The van der Waals surface area contributed by atoms with Crippen molar-refractivity contribution < 1.29 is 9.59 Å². The minimum absolute atomic E-state index is 0.00431. The summed E-state index contributed by atoms with van der Waals surface area (Å²) in [6.07, 6.45) is 0.980. The van der Waals surface area contributed by atoms with Gasteiger partial charge in [-0.3, -0.25) is 14.3 Å². The van der Waals surface area contributed by atoms with E-state index in [0.29, 0.717) is 0 Å². The van der Waals surface area contributed by atoms with E-state index in [1.54, 1.807) is 0 Å². The fourth-order valence-electron chi connectivity index (χ4n) is 1.81. The van der Waals surface area contributed by atoms with Gasteiger partial charge in [0.2, 0.25) is 11.8 Å². The third kappa shape index (κ3) is 4.53. The highest BCUT2D eigenvalue weighted by Gasteiger charge is 2.29. The minimum atomic E-state index is -0.535. The molecule has 0 radical (unpaired) electrons. The number of amides is 2. The van der Waals surface area contributed by atoms with E-state index in [0.717, 1.165) is 6.42 Å². The van der Waals surface area contributed by atoms with Crippen LogP contribution in [0, 0.1) is 11.8 Å². The molecule has 0 rings (SSSR count). The van der Waals surface area contributed by atoms with Crippen LogP contribution in [-0.2, 0) is 9.59 Å². The summed E-state index contributed by atoms with van der Waals surface area (Å²) in [4.78, 5) is 21.9. The first kappa shape index (κ1) is 14.2. The Bertz CT molecular complexity index is 235. The van der Waals surface area contributed by atoms with Crippen molar-refractivity contribution in [3.63, 3.8) is 0 Å². The number of nitrogens with one attached hydrogen (secondary N) is 1. The van der Waals surface area contributed by atoms with Crippen LogP contribution in [0.2, 0.25) is 0 Å². The number of carbonyl (C=O) groups excluding carboxylic acids is 2. The summed E-state index contributed by atoms with van der Waals surface area (Å²) in [6.45, 7) is 3.81. The Balaban J connectivity index is 4.56. The summed E-state index contributed by atoms with van der Waals surface area (Å²) in [5.41, 5.74) is 10.3. The van der Waals surface area contributed by atoms with Gasteiger partial charge in [0.1, 0.15) is 0 Å². The first-order valence-electron chi connectivity index (χ1n) is 4.91. The van der Waals surface area contributed by atoms with Crippen molar-refractivity contribution in [2.75, 3.05) is 0 Å². The van der Waals surface area contributed by atoms with Gasteiger partial charge < -0.3 is 11.5 Å². The van der Waals surface area contributed by atoms with Gasteiger partial charge in [-0.25, -0.2) is 0 Å². The fourth-order valence-corrected chi connectivity index (χ4v) is 2.12. The molecule has 6 heteroatoms. The van der Waals surface area contributed by atoms with Gasteiger partial charge in [0, 0.05) is 6.42 Å². The third-order valence-electron chi connectivity index (χ3n) is 2.60. The van der Waals surface area contributed by atoms with Crippen LogP contribution < -0.4 is 16.2 Å². The number of thiol groups is 1. The number of rotatable bonds is 7. The van der Waals surface area contributed by atoms with Gasteiger partial charge in [0.15, 0.2) is 0 Å². The molecule has 0 saturated carbocycles. The second-order valence-electron chi connectivity index (χ2n) is 3.73. The molecule has 5 N–H and O–H groups in total. The second-order valence-corrected chi connectivity index (χ2v) is 3.99. The molecule has 0 fully saturated rings. The lowest BCUT2D eigenvalue weighted by Gasteiger charge is -2.27. The van der Waals surface area contributed by atoms with E-state index >= 15 is 0 Å². The van der Waals surface area contributed by atoms with Gasteiger partial charge in [0.25, 0.3) is 0 Å². The maximum Gasteiger partial charge on any atom is 0.235 e. The maximum atomic E-state index is 11.1. The van der Waals surface area contributed by atoms with Crippen LogP contribution in [0.5, 0.6) is 0 Å². The number of carbonyl (C=O) groups is 2. The molecule has 0 aliphatic heterocycles. The van der Waals surface area contributed by atoms with Gasteiger partial charge in [-0.15, -0.1) is 0 Å². The Morgan fingerprint density at radius 3 is 2.20 bits per heavy atom. The van der Waals surface area contributed by atoms with Crippen LogP contribution in [0.3, 0.4) is 0 Å². The number of primary amides is 2. The van der Waals surface area contributed by atoms with Crippen molar-refractivity contribution in [3.05, 3.63) is 0 Å². The van der Waals surface area contributed by atoms with E-state index in [1.165, 1.54) is 0 Å². The van der Waals surface area contributed by atoms with Crippen LogP contribution >= 0.6 is 12.8 Å². The highest BCUT2D eigenvalue weighted by Crippen LogP contribution is 2.22. The summed E-state index contributed by atoms with van der Waals surface area (Å²) in [5, 5.41) is 0. The zero-order chi connectivity index (χ0) is 12.0.